The molecule has 6 heteroatoms. The van der Waals surface area contributed by atoms with E-state index in [4.69, 9.17) is 10.5 Å². The van der Waals surface area contributed by atoms with Gasteiger partial charge in [0.1, 0.15) is 5.82 Å². The first-order valence-corrected chi connectivity index (χ1v) is 7.47. The van der Waals surface area contributed by atoms with Gasteiger partial charge < -0.3 is 20.7 Å². The first-order chi connectivity index (χ1) is 10.1. The molecule has 3 N–H and O–H groups in total. The summed E-state index contributed by atoms with van der Waals surface area (Å²) in [6, 6.07) is 3.50. The van der Waals surface area contributed by atoms with Gasteiger partial charge in [0, 0.05) is 13.1 Å². The Bertz CT molecular complexity index is 485. The van der Waals surface area contributed by atoms with Crippen LogP contribution in [0, 0.1) is 5.92 Å². The zero-order valence-corrected chi connectivity index (χ0v) is 12.8. The van der Waals surface area contributed by atoms with Crippen molar-refractivity contribution in [3.8, 4) is 5.88 Å². The summed E-state index contributed by atoms with van der Waals surface area (Å²) in [6.45, 7) is 6.66. The maximum atomic E-state index is 12.0. The molecule has 1 saturated heterocycles. The van der Waals surface area contributed by atoms with Gasteiger partial charge in [0.15, 0.2) is 0 Å². The van der Waals surface area contributed by atoms with Crippen LogP contribution in [0.3, 0.4) is 0 Å². The van der Waals surface area contributed by atoms with E-state index in [9.17, 15) is 4.79 Å². The monoisotopic (exact) mass is 292 g/mol. The molecule has 0 aliphatic carbocycles. The predicted octanol–water partition coefficient (Wildman–Crippen LogP) is 1.73. The standard InChI is InChI=1S/C15H24N4O2/c1-11(2)10-21-15-12(16)5-6-13(18-15)17-9-14(20)19-7-3-4-8-19/h5-6,11H,3-4,7-10,16H2,1-2H3,(H,17,18). The van der Waals surface area contributed by atoms with Crippen molar-refractivity contribution in [1.29, 1.82) is 0 Å². The van der Waals surface area contributed by atoms with Gasteiger partial charge in [-0.2, -0.15) is 4.98 Å². The molecule has 1 aromatic heterocycles. The second kappa shape index (κ2) is 7.15. The summed E-state index contributed by atoms with van der Waals surface area (Å²) in [6.07, 6.45) is 2.19. The lowest BCUT2D eigenvalue weighted by Crippen LogP contribution is -2.33. The number of nitrogen functional groups attached to an aromatic ring is 1. The van der Waals surface area contributed by atoms with Gasteiger partial charge in [0.25, 0.3) is 0 Å². The molecule has 1 aliphatic heterocycles. The fourth-order valence-electron chi connectivity index (χ4n) is 2.16. The minimum absolute atomic E-state index is 0.107. The molecular weight excluding hydrogens is 268 g/mol. The summed E-state index contributed by atoms with van der Waals surface area (Å²) in [5, 5.41) is 3.04. The first kappa shape index (κ1) is 15.4. The third-order valence-electron chi connectivity index (χ3n) is 3.32. The van der Waals surface area contributed by atoms with E-state index in [1.807, 2.05) is 4.90 Å². The average Bonchev–Trinajstić information content (AvgIpc) is 2.98. The number of nitrogens with one attached hydrogen (secondary N) is 1. The third-order valence-corrected chi connectivity index (χ3v) is 3.32. The fraction of sp³-hybridized carbons (Fsp3) is 0.600. The molecule has 2 rings (SSSR count). The van der Waals surface area contributed by atoms with Crippen molar-refractivity contribution in [3.05, 3.63) is 12.1 Å². The smallest absolute Gasteiger partial charge is 0.241 e. The Hall–Kier alpha value is -1.98. The summed E-state index contributed by atoms with van der Waals surface area (Å²) in [5.41, 5.74) is 6.35. The van der Waals surface area contributed by atoms with Crippen LogP contribution in [0.1, 0.15) is 26.7 Å². The highest BCUT2D eigenvalue weighted by molar-refractivity contribution is 5.80. The van der Waals surface area contributed by atoms with Gasteiger partial charge in [-0.1, -0.05) is 13.8 Å². The molecule has 1 fully saturated rings. The van der Waals surface area contributed by atoms with Crippen molar-refractivity contribution in [2.75, 3.05) is 37.3 Å². The molecule has 0 aromatic carbocycles. The lowest BCUT2D eigenvalue weighted by Gasteiger charge is -2.16. The maximum Gasteiger partial charge on any atom is 0.241 e. The molecular formula is C15H24N4O2. The quantitative estimate of drug-likeness (QED) is 0.834. The number of likely N-dealkylation sites (tertiary alicyclic amines) is 1. The Kier molecular flexibility index (Phi) is 5.25. The zero-order chi connectivity index (χ0) is 15.2. The molecule has 1 aromatic rings. The molecule has 116 valence electrons. The summed E-state index contributed by atoms with van der Waals surface area (Å²) >= 11 is 0. The van der Waals surface area contributed by atoms with E-state index in [0.29, 0.717) is 29.9 Å². The minimum Gasteiger partial charge on any atom is -0.476 e. The van der Waals surface area contributed by atoms with Gasteiger partial charge in [0.05, 0.1) is 18.8 Å². The van der Waals surface area contributed by atoms with Gasteiger partial charge in [0.2, 0.25) is 11.8 Å². The fourth-order valence-corrected chi connectivity index (χ4v) is 2.16. The number of carbonyl (C=O) groups is 1. The van der Waals surface area contributed by atoms with E-state index in [-0.39, 0.29) is 12.5 Å². The molecule has 1 amide bonds. The van der Waals surface area contributed by atoms with E-state index < -0.39 is 0 Å². The number of pyridine rings is 1. The molecule has 0 radical (unpaired) electrons. The molecule has 21 heavy (non-hydrogen) atoms. The third kappa shape index (κ3) is 4.51. The van der Waals surface area contributed by atoms with Crippen molar-refractivity contribution in [2.24, 2.45) is 5.92 Å². The minimum atomic E-state index is 0.107. The molecule has 0 bridgehead atoms. The van der Waals surface area contributed by atoms with Crippen LogP contribution in [-0.4, -0.2) is 42.0 Å². The topological polar surface area (TPSA) is 80.5 Å². The van der Waals surface area contributed by atoms with Crippen LogP contribution < -0.4 is 15.8 Å². The van der Waals surface area contributed by atoms with E-state index in [0.717, 1.165) is 25.9 Å². The Labute approximate surface area is 125 Å². The zero-order valence-electron chi connectivity index (χ0n) is 12.8. The first-order valence-electron chi connectivity index (χ1n) is 7.47. The SMILES string of the molecule is CC(C)COc1nc(NCC(=O)N2CCCC2)ccc1N. The van der Waals surface area contributed by atoms with E-state index >= 15 is 0 Å². The highest BCUT2D eigenvalue weighted by Crippen LogP contribution is 2.21. The summed E-state index contributed by atoms with van der Waals surface area (Å²) in [5.74, 6) is 1.54. The predicted molar refractivity (Wildman–Crippen MR) is 83.3 cm³/mol. The number of carbonyl (C=O) groups excluding carboxylic acids is 1. The van der Waals surface area contributed by atoms with Crippen LogP contribution in [0.25, 0.3) is 0 Å². The van der Waals surface area contributed by atoms with Crippen molar-refractivity contribution in [3.63, 3.8) is 0 Å². The molecule has 0 saturated carbocycles. The molecule has 1 aliphatic rings. The number of aromatic nitrogens is 1. The van der Waals surface area contributed by atoms with Crippen molar-refractivity contribution in [2.45, 2.75) is 26.7 Å². The molecule has 0 atom stereocenters. The number of amides is 1. The number of anilines is 2. The maximum absolute atomic E-state index is 12.0. The summed E-state index contributed by atoms with van der Waals surface area (Å²) < 4.78 is 5.57. The largest absolute Gasteiger partial charge is 0.476 e. The summed E-state index contributed by atoms with van der Waals surface area (Å²) in [4.78, 5) is 18.2. The van der Waals surface area contributed by atoms with Crippen LogP contribution in [0.4, 0.5) is 11.5 Å². The van der Waals surface area contributed by atoms with E-state index in [1.165, 1.54) is 0 Å². The molecule has 6 nitrogen and oxygen atoms in total. The number of rotatable bonds is 6. The van der Waals surface area contributed by atoms with Crippen molar-refractivity contribution >= 4 is 17.4 Å². The number of nitrogens with two attached hydrogens (primary N) is 1. The van der Waals surface area contributed by atoms with Gasteiger partial charge in [-0.3, -0.25) is 4.79 Å². The normalized spacial score (nSPS) is 14.5. The Morgan fingerprint density at radius 3 is 2.81 bits per heavy atom. The number of hydrogen-bond acceptors (Lipinski definition) is 5. The average molecular weight is 292 g/mol. The van der Waals surface area contributed by atoms with Crippen LogP contribution >= 0.6 is 0 Å². The molecule has 2 heterocycles. The van der Waals surface area contributed by atoms with Crippen LogP contribution in [-0.2, 0) is 4.79 Å². The number of nitrogens with zero attached hydrogens (tertiary/aromatic N) is 2. The highest BCUT2D eigenvalue weighted by atomic mass is 16.5. The van der Waals surface area contributed by atoms with Gasteiger partial charge in [-0.05, 0) is 30.9 Å². The Morgan fingerprint density at radius 2 is 2.14 bits per heavy atom. The summed E-state index contributed by atoms with van der Waals surface area (Å²) in [7, 11) is 0. The number of hydrogen-bond donors (Lipinski definition) is 2. The van der Waals surface area contributed by atoms with Gasteiger partial charge in [-0.15, -0.1) is 0 Å². The molecule has 0 unspecified atom stereocenters. The lowest BCUT2D eigenvalue weighted by molar-refractivity contribution is -0.128. The lowest BCUT2D eigenvalue weighted by atomic mass is 10.2. The number of ether oxygens (including phenoxy) is 1. The van der Waals surface area contributed by atoms with Gasteiger partial charge in [-0.25, -0.2) is 0 Å². The van der Waals surface area contributed by atoms with E-state index in [2.05, 4.69) is 24.1 Å². The van der Waals surface area contributed by atoms with Crippen LogP contribution in [0.5, 0.6) is 5.88 Å². The van der Waals surface area contributed by atoms with Gasteiger partial charge >= 0.3 is 0 Å². The van der Waals surface area contributed by atoms with Crippen LogP contribution in [0.15, 0.2) is 12.1 Å². The Morgan fingerprint density at radius 1 is 1.43 bits per heavy atom. The highest BCUT2D eigenvalue weighted by Gasteiger charge is 2.17. The second-order valence-electron chi connectivity index (χ2n) is 5.74. The van der Waals surface area contributed by atoms with E-state index in [1.54, 1.807) is 12.1 Å². The van der Waals surface area contributed by atoms with Crippen molar-refractivity contribution < 1.29 is 9.53 Å². The molecule has 0 spiro atoms. The second-order valence-corrected chi connectivity index (χ2v) is 5.74. The van der Waals surface area contributed by atoms with Crippen LogP contribution in [0.2, 0.25) is 0 Å². The Balaban J connectivity index is 1.90. The van der Waals surface area contributed by atoms with Crippen molar-refractivity contribution in [1.82, 2.24) is 9.88 Å².